The Kier molecular flexibility index (Phi) is 3.57. The van der Waals surface area contributed by atoms with Gasteiger partial charge in [-0.05, 0) is 61.2 Å². The van der Waals surface area contributed by atoms with E-state index in [2.05, 4.69) is 33.8 Å². The van der Waals surface area contributed by atoms with Crippen LogP contribution in [0.25, 0.3) is 0 Å². The Morgan fingerprint density at radius 2 is 1.81 bits per heavy atom. The minimum Gasteiger partial charge on any atom is -0.396 e. The molecule has 0 radical (unpaired) electrons. The molecule has 120 valence electrons. The van der Waals surface area contributed by atoms with Crippen LogP contribution in [0, 0.1) is 28.1 Å². The number of hydrogen-bond acceptors (Lipinski definition) is 2. The van der Waals surface area contributed by atoms with Gasteiger partial charge in [0, 0.05) is 5.41 Å². The standard InChI is InChI=1S/C19H32O2/c1-17(2)9-7-14-13(11-17)5-6-15-18(14,3)10-8-16(21)19(15,4)12-20/h11,14-16,20-21H,5-10,12H2,1-4H3/t14?,15?,16-,18+,19-/m0/s1. The minimum absolute atomic E-state index is 0.117. The molecule has 0 aromatic heterocycles. The smallest absolute Gasteiger partial charge is 0.0618 e. The van der Waals surface area contributed by atoms with E-state index in [-0.39, 0.29) is 23.5 Å². The summed E-state index contributed by atoms with van der Waals surface area (Å²) in [4.78, 5) is 0. The molecule has 2 unspecified atom stereocenters. The number of aliphatic hydroxyl groups is 2. The minimum atomic E-state index is -0.342. The summed E-state index contributed by atoms with van der Waals surface area (Å²) in [5, 5.41) is 20.5. The molecule has 3 aliphatic carbocycles. The van der Waals surface area contributed by atoms with E-state index in [4.69, 9.17) is 0 Å². The number of aliphatic hydroxyl groups excluding tert-OH is 2. The second-order valence-corrected chi connectivity index (χ2v) is 9.11. The van der Waals surface area contributed by atoms with Crippen molar-refractivity contribution in [1.82, 2.24) is 0 Å². The van der Waals surface area contributed by atoms with Gasteiger partial charge >= 0.3 is 0 Å². The van der Waals surface area contributed by atoms with Crippen molar-refractivity contribution in [1.29, 1.82) is 0 Å². The fourth-order valence-corrected chi connectivity index (χ4v) is 5.92. The fourth-order valence-electron chi connectivity index (χ4n) is 5.92. The van der Waals surface area contributed by atoms with Crippen LogP contribution in [0.5, 0.6) is 0 Å². The summed E-state index contributed by atoms with van der Waals surface area (Å²) in [5.74, 6) is 1.12. The lowest BCUT2D eigenvalue weighted by Gasteiger charge is -2.61. The van der Waals surface area contributed by atoms with E-state index in [0.717, 1.165) is 25.7 Å². The molecular weight excluding hydrogens is 260 g/mol. The Morgan fingerprint density at radius 3 is 2.48 bits per heavy atom. The average molecular weight is 292 g/mol. The first kappa shape index (κ1) is 15.6. The Bertz CT molecular complexity index is 452. The molecule has 5 atom stereocenters. The van der Waals surface area contributed by atoms with Gasteiger partial charge in [0.15, 0.2) is 0 Å². The first-order valence-electron chi connectivity index (χ1n) is 8.73. The van der Waals surface area contributed by atoms with Crippen LogP contribution in [-0.2, 0) is 0 Å². The van der Waals surface area contributed by atoms with Crippen LogP contribution in [0.3, 0.4) is 0 Å². The van der Waals surface area contributed by atoms with Gasteiger partial charge in [0.1, 0.15) is 0 Å². The average Bonchev–Trinajstić information content (AvgIpc) is 2.42. The van der Waals surface area contributed by atoms with Gasteiger partial charge in [-0.1, -0.05) is 39.3 Å². The van der Waals surface area contributed by atoms with Gasteiger partial charge in [0.05, 0.1) is 12.7 Å². The fraction of sp³-hybridized carbons (Fsp3) is 0.895. The van der Waals surface area contributed by atoms with Crippen molar-refractivity contribution >= 4 is 0 Å². The molecule has 2 saturated carbocycles. The van der Waals surface area contributed by atoms with Crippen molar-refractivity contribution in [2.75, 3.05) is 6.61 Å². The summed E-state index contributed by atoms with van der Waals surface area (Å²) in [6, 6.07) is 0. The topological polar surface area (TPSA) is 40.5 Å². The van der Waals surface area contributed by atoms with Crippen molar-refractivity contribution in [2.45, 2.75) is 72.3 Å². The molecule has 2 fully saturated rings. The molecule has 0 aliphatic heterocycles. The van der Waals surface area contributed by atoms with E-state index in [1.807, 2.05) is 0 Å². The number of hydrogen-bond donors (Lipinski definition) is 2. The third-order valence-corrected chi connectivity index (χ3v) is 7.27. The molecule has 21 heavy (non-hydrogen) atoms. The van der Waals surface area contributed by atoms with Crippen LogP contribution < -0.4 is 0 Å². The molecule has 0 amide bonds. The van der Waals surface area contributed by atoms with Crippen LogP contribution in [0.15, 0.2) is 11.6 Å². The molecule has 2 nitrogen and oxygen atoms in total. The maximum absolute atomic E-state index is 10.5. The molecule has 0 bridgehead atoms. The zero-order valence-corrected chi connectivity index (χ0v) is 14.2. The lowest BCUT2D eigenvalue weighted by molar-refractivity contribution is -0.154. The summed E-state index contributed by atoms with van der Waals surface area (Å²) in [6.45, 7) is 9.38. The first-order valence-corrected chi connectivity index (χ1v) is 8.73. The van der Waals surface area contributed by atoms with E-state index in [0.29, 0.717) is 17.3 Å². The van der Waals surface area contributed by atoms with Gasteiger partial charge in [-0.25, -0.2) is 0 Å². The van der Waals surface area contributed by atoms with E-state index >= 15 is 0 Å². The van der Waals surface area contributed by atoms with Gasteiger partial charge < -0.3 is 10.2 Å². The summed E-state index contributed by atoms with van der Waals surface area (Å²) in [5.41, 5.74) is 1.97. The van der Waals surface area contributed by atoms with Gasteiger partial charge in [-0.15, -0.1) is 0 Å². The Hall–Kier alpha value is -0.340. The number of allylic oxidation sites excluding steroid dienone is 2. The highest BCUT2D eigenvalue weighted by molar-refractivity contribution is 5.24. The molecule has 2 N–H and O–H groups in total. The van der Waals surface area contributed by atoms with Gasteiger partial charge in [-0.2, -0.15) is 0 Å². The summed E-state index contributed by atoms with van der Waals surface area (Å²) >= 11 is 0. The van der Waals surface area contributed by atoms with E-state index < -0.39 is 0 Å². The highest BCUT2D eigenvalue weighted by Gasteiger charge is 2.58. The Balaban J connectivity index is 1.98. The Labute approximate surface area is 129 Å². The van der Waals surface area contributed by atoms with Crippen molar-refractivity contribution < 1.29 is 10.2 Å². The molecule has 0 aromatic rings. The zero-order valence-electron chi connectivity index (χ0n) is 14.2. The second-order valence-electron chi connectivity index (χ2n) is 9.11. The van der Waals surface area contributed by atoms with Crippen molar-refractivity contribution in [3.05, 3.63) is 11.6 Å². The molecule has 0 heterocycles. The highest BCUT2D eigenvalue weighted by atomic mass is 16.3. The number of fused-ring (bicyclic) bond motifs is 3. The van der Waals surface area contributed by atoms with Crippen LogP contribution >= 0.6 is 0 Å². The number of rotatable bonds is 1. The van der Waals surface area contributed by atoms with Crippen LogP contribution in [0.1, 0.15) is 66.2 Å². The zero-order chi connectivity index (χ0) is 15.5. The maximum Gasteiger partial charge on any atom is 0.0618 e. The Morgan fingerprint density at radius 1 is 1.10 bits per heavy atom. The second kappa shape index (κ2) is 4.83. The van der Waals surface area contributed by atoms with Gasteiger partial charge in [-0.3, -0.25) is 0 Å². The van der Waals surface area contributed by atoms with Gasteiger partial charge in [0.25, 0.3) is 0 Å². The van der Waals surface area contributed by atoms with Crippen molar-refractivity contribution in [3.63, 3.8) is 0 Å². The molecule has 0 aromatic carbocycles. The third-order valence-electron chi connectivity index (χ3n) is 7.27. The predicted octanol–water partition coefficient (Wildman–Crippen LogP) is 3.92. The third kappa shape index (κ3) is 2.21. The molecular formula is C19H32O2. The predicted molar refractivity (Wildman–Crippen MR) is 85.9 cm³/mol. The molecule has 3 rings (SSSR count). The lowest BCUT2D eigenvalue weighted by Crippen LogP contribution is -2.57. The summed E-state index contributed by atoms with van der Waals surface area (Å²) < 4.78 is 0. The van der Waals surface area contributed by atoms with E-state index in [9.17, 15) is 10.2 Å². The summed E-state index contributed by atoms with van der Waals surface area (Å²) in [6.07, 6.45) is 8.99. The normalized spacial score (nSPS) is 49.0. The molecule has 0 saturated heterocycles. The van der Waals surface area contributed by atoms with Crippen molar-refractivity contribution in [2.24, 2.45) is 28.1 Å². The van der Waals surface area contributed by atoms with Gasteiger partial charge in [0.2, 0.25) is 0 Å². The molecule has 0 spiro atoms. The van der Waals surface area contributed by atoms with Crippen LogP contribution in [0.4, 0.5) is 0 Å². The lowest BCUT2D eigenvalue weighted by atomic mass is 9.45. The van der Waals surface area contributed by atoms with Crippen LogP contribution in [-0.4, -0.2) is 22.9 Å². The van der Waals surface area contributed by atoms with E-state index in [1.54, 1.807) is 5.57 Å². The van der Waals surface area contributed by atoms with Crippen molar-refractivity contribution in [3.8, 4) is 0 Å². The largest absolute Gasteiger partial charge is 0.396 e. The summed E-state index contributed by atoms with van der Waals surface area (Å²) in [7, 11) is 0. The highest BCUT2D eigenvalue weighted by Crippen LogP contribution is 2.63. The first-order chi connectivity index (χ1) is 9.73. The SMILES string of the molecule is CC1(C)C=C2CCC3[C@](C)(CC[C@H](O)[C@@]3(C)CO)C2CC1. The monoisotopic (exact) mass is 292 g/mol. The molecule has 2 heteroatoms. The maximum atomic E-state index is 10.5. The quantitative estimate of drug-likeness (QED) is 0.719. The molecule has 3 aliphatic rings. The van der Waals surface area contributed by atoms with E-state index in [1.165, 1.54) is 12.8 Å². The van der Waals surface area contributed by atoms with Crippen LogP contribution in [0.2, 0.25) is 0 Å².